The molecule has 2 rings (SSSR count). The molecule has 3 amide bonds. The molecule has 5 nitrogen and oxygen atoms in total. The topological polar surface area (TPSA) is 74.8 Å². The molecule has 0 saturated heterocycles. The van der Waals surface area contributed by atoms with Gasteiger partial charge in [0.05, 0.1) is 0 Å². The van der Waals surface area contributed by atoms with Gasteiger partial charge in [-0.25, -0.2) is 4.79 Å². The maximum Gasteiger partial charge on any atom is 0.321 e. The summed E-state index contributed by atoms with van der Waals surface area (Å²) in [6.45, 7) is 6.14. The summed E-state index contributed by atoms with van der Waals surface area (Å²) in [5.41, 5.74) is 1.20. The zero-order valence-corrected chi connectivity index (χ0v) is 15.6. The van der Waals surface area contributed by atoms with Crippen molar-refractivity contribution >= 4 is 11.9 Å². The average molecular weight is 346 g/mol. The Balaban J connectivity index is 1.86. The lowest BCUT2D eigenvalue weighted by atomic mass is 9.95. The van der Waals surface area contributed by atoms with E-state index in [9.17, 15) is 9.59 Å². The fraction of sp³-hybridized carbons (Fsp3) is 0.600. The molecule has 1 aromatic rings. The van der Waals surface area contributed by atoms with Crippen LogP contribution in [0, 0.1) is 5.92 Å². The quantitative estimate of drug-likeness (QED) is 0.740. The van der Waals surface area contributed by atoms with Crippen molar-refractivity contribution < 1.29 is 14.9 Å². The molecule has 0 unspecified atom stereocenters. The summed E-state index contributed by atoms with van der Waals surface area (Å²) in [5.74, 6) is 0.142. The third-order valence-corrected chi connectivity index (χ3v) is 4.99. The van der Waals surface area contributed by atoms with Crippen LogP contribution in [0.1, 0.15) is 64.5 Å². The number of urea groups is 1. The largest absolute Gasteiger partial charge is 0.335 e. The third-order valence-electron chi connectivity index (χ3n) is 4.99. The minimum absolute atomic E-state index is 0.184. The molecule has 0 aliphatic heterocycles. The van der Waals surface area contributed by atoms with Gasteiger partial charge in [-0.15, -0.1) is 0 Å². The van der Waals surface area contributed by atoms with Crippen LogP contribution in [-0.4, -0.2) is 24.0 Å². The highest BCUT2D eigenvalue weighted by atomic mass is 16.2. The molecule has 1 saturated carbocycles. The first-order valence-electron chi connectivity index (χ1n) is 9.48. The van der Waals surface area contributed by atoms with Gasteiger partial charge >= 0.3 is 6.03 Å². The third kappa shape index (κ3) is 6.16. The number of benzene rings is 1. The van der Waals surface area contributed by atoms with Crippen LogP contribution in [-0.2, 0) is 4.79 Å². The van der Waals surface area contributed by atoms with E-state index in [1.165, 1.54) is 12.0 Å². The van der Waals surface area contributed by atoms with Gasteiger partial charge in [-0.1, -0.05) is 63.4 Å². The van der Waals surface area contributed by atoms with Crippen molar-refractivity contribution in [3.63, 3.8) is 0 Å². The molecular formula is C20H32N3O2+. The Morgan fingerprint density at radius 2 is 1.68 bits per heavy atom. The maximum atomic E-state index is 12.4. The molecule has 0 spiro atoms. The summed E-state index contributed by atoms with van der Waals surface area (Å²) in [6.07, 6.45) is 5.55. The maximum absolute atomic E-state index is 12.4. The lowest BCUT2D eigenvalue weighted by Gasteiger charge is -2.24. The van der Waals surface area contributed by atoms with E-state index < -0.39 is 0 Å². The summed E-state index contributed by atoms with van der Waals surface area (Å²) < 4.78 is 0. The Morgan fingerprint density at radius 3 is 2.28 bits per heavy atom. The van der Waals surface area contributed by atoms with Crippen molar-refractivity contribution in [3.05, 3.63) is 35.9 Å². The van der Waals surface area contributed by atoms with E-state index in [0.717, 1.165) is 25.7 Å². The van der Waals surface area contributed by atoms with Crippen LogP contribution in [0.2, 0.25) is 0 Å². The number of imide groups is 1. The number of amides is 3. The monoisotopic (exact) mass is 346 g/mol. The number of nitrogens with one attached hydrogen (secondary N) is 2. The lowest BCUT2D eigenvalue weighted by Crippen LogP contribution is -2.93. The van der Waals surface area contributed by atoms with Crippen molar-refractivity contribution in [1.29, 1.82) is 0 Å². The predicted octanol–water partition coefficient (Wildman–Crippen LogP) is 2.49. The van der Waals surface area contributed by atoms with E-state index in [4.69, 9.17) is 0 Å². The van der Waals surface area contributed by atoms with Crippen molar-refractivity contribution in [2.75, 3.05) is 0 Å². The first kappa shape index (κ1) is 19.4. The highest BCUT2D eigenvalue weighted by molar-refractivity contribution is 5.96. The Kier molecular flexibility index (Phi) is 7.44. The molecule has 0 radical (unpaired) electrons. The zero-order chi connectivity index (χ0) is 18.2. The second kappa shape index (κ2) is 9.56. The molecule has 1 fully saturated rings. The molecule has 2 atom stereocenters. The van der Waals surface area contributed by atoms with Crippen molar-refractivity contribution in [2.45, 2.75) is 71.0 Å². The Bertz CT molecular complexity index is 553. The molecule has 1 aliphatic rings. The molecule has 138 valence electrons. The summed E-state index contributed by atoms with van der Waals surface area (Å²) >= 11 is 0. The van der Waals surface area contributed by atoms with Crippen molar-refractivity contribution in [2.24, 2.45) is 5.92 Å². The van der Waals surface area contributed by atoms with Gasteiger partial charge in [-0.2, -0.15) is 0 Å². The first-order chi connectivity index (χ1) is 12.0. The van der Waals surface area contributed by atoms with E-state index in [2.05, 4.69) is 36.6 Å². The first-order valence-corrected chi connectivity index (χ1v) is 9.48. The molecule has 1 aromatic carbocycles. The SMILES string of the molecule is CC(C)[C@H]([NH2+][C@H](C)C(=O)NC(=O)NC1CCCCC1)c1ccccc1. The van der Waals surface area contributed by atoms with Gasteiger partial charge in [0, 0.05) is 17.5 Å². The fourth-order valence-electron chi connectivity index (χ4n) is 3.49. The number of carbonyl (C=O) groups is 2. The smallest absolute Gasteiger partial charge is 0.321 e. The second-order valence-electron chi connectivity index (χ2n) is 7.46. The normalized spacial score (nSPS) is 17.8. The van der Waals surface area contributed by atoms with Gasteiger partial charge in [0.1, 0.15) is 6.04 Å². The van der Waals surface area contributed by atoms with Gasteiger partial charge < -0.3 is 10.6 Å². The van der Waals surface area contributed by atoms with Gasteiger partial charge in [-0.05, 0) is 19.8 Å². The highest BCUT2D eigenvalue weighted by Gasteiger charge is 2.27. The molecule has 5 heteroatoms. The molecular weight excluding hydrogens is 314 g/mol. The summed E-state index contributed by atoms with van der Waals surface area (Å²) in [5, 5.41) is 7.48. The molecule has 1 aliphatic carbocycles. The van der Waals surface area contributed by atoms with E-state index >= 15 is 0 Å². The van der Waals surface area contributed by atoms with Gasteiger partial charge in [-0.3, -0.25) is 10.1 Å². The fourth-order valence-corrected chi connectivity index (χ4v) is 3.49. The number of hydrogen-bond donors (Lipinski definition) is 3. The average Bonchev–Trinajstić information content (AvgIpc) is 2.60. The van der Waals surface area contributed by atoms with Crippen LogP contribution in [0.5, 0.6) is 0 Å². The van der Waals surface area contributed by atoms with E-state index in [1.54, 1.807) is 0 Å². The number of nitrogens with two attached hydrogens (primary N) is 1. The zero-order valence-electron chi connectivity index (χ0n) is 15.6. The number of rotatable bonds is 6. The summed E-state index contributed by atoms with van der Waals surface area (Å²) in [7, 11) is 0. The van der Waals surface area contributed by atoms with Crippen LogP contribution in [0.3, 0.4) is 0 Å². The van der Waals surface area contributed by atoms with E-state index in [1.807, 2.05) is 30.4 Å². The second-order valence-corrected chi connectivity index (χ2v) is 7.46. The van der Waals surface area contributed by atoms with Crippen LogP contribution in [0.25, 0.3) is 0 Å². The van der Waals surface area contributed by atoms with E-state index in [0.29, 0.717) is 5.92 Å². The minimum atomic E-state index is -0.363. The van der Waals surface area contributed by atoms with Crippen molar-refractivity contribution in [1.82, 2.24) is 10.6 Å². The van der Waals surface area contributed by atoms with Crippen LogP contribution < -0.4 is 16.0 Å². The summed E-state index contributed by atoms with van der Waals surface area (Å²) in [4.78, 5) is 24.4. The Labute approximate surface area is 151 Å². The standard InChI is InChI=1S/C20H31N3O2/c1-14(2)18(16-10-6-4-7-11-16)21-15(3)19(24)23-20(25)22-17-12-8-5-9-13-17/h4,6-7,10-11,14-15,17-18,21H,5,8-9,12-13H2,1-3H3,(H2,22,23,24,25)/p+1/t15-,18+/m1/s1. The lowest BCUT2D eigenvalue weighted by molar-refractivity contribution is -0.719. The predicted molar refractivity (Wildman–Crippen MR) is 99.0 cm³/mol. The highest BCUT2D eigenvalue weighted by Crippen LogP contribution is 2.18. The van der Waals surface area contributed by atoms with Crippen LogP contribution >= 0.6 is 0 Å². The van der Waals surface area contributed by atoms with Crippen LogP contribution in [0.15, 0.2) is 30.3 Å². The number of carbonyl (C=O) groups excluding carboxylic acids is 2. The molecule has 25 heavy (non-hydrogen) atoms. The summed E-state index contributed by atoms with van der Waals surface area (Å²) in [6, 6.07) is 9.89. The Hall–Kier alpha value is -1.88. The van der Waals surface area contributed by atoms with Crippen molar-refractivity contribution in [3.8, 4) is 0 Å². The Morgan fingerprint density at radius 1 is 1.04 bits per heavy atom. The number of hydrogen-bond acceptors (Lipinski definition) is 2. The van der Waals surface area contributed by atoms with Gasteiger partial charge in [0.15, 0.2) is 6.04 Å². The van der Waals surface area contributed by atoms with Gasteiger partial charge in [0.25, 0.3) is 5.91 Å². The number of quaternary nitrogens is 1. The molecule has 4 N–H and O–H groups in total. The van der Waals surface area contributed by atoms with E-state index in [-0.39, 0.29) is 30.1 Å². The molecule has 0 bridgehead atoms. The van der Waals surface area contributed by atoms with Gasteiger partial charge in [0.2, 0.25) is 0 Å². The minimum Gasteiger partial charge on any atom is -0.335 e. The molecule has 0 aromatic heterocycles. The molecule has 0 heterocycles. The van der Waals surface area contributed by atoms with Crippen LogP contribution in [0.4, 0.5) is 4.79 Å².